The van der Waals surface area contributed by atoms with Crippen LogP contribution in [0.15, 0.2) is 42.5 Å². The minimum atomic E-state index is -0.994. The predicted octanol–water partition coefficient (Wildman–Crippen LogP) is 3.33. The van der Waals surface area contributed by atoms with Crippen molar-refractivity contribution in [3.63, 3.8) is 0 Å². The fourth-order valence-corrected chi connectivity index (χ4v) is 2.45. The molecule has 0 unspecified atom stereocenters. The van der Waals surface area contributed by atoms with Gasteiger partial charge in [0.2, 0.25) is 0 Å². The van der Waals surface area contributed by atoms with Gasteiger partial charge in [-0.2, -0.15) is 5.26 Å². The first-order valence-corrected chi connectivity index (χ1v) is 8.14. The Morgan fingerprint density at radius 2 is 2.00 bits per heavy atom. The number of hydrogen-bond acceptors (Lipinski definition) is 5. The van der Waals surface area contributed by atoms with Gasteiger partial charge in [0.15, 0.2) is 6.10 Å². The first kappa shape index (κ1) is 19.3. The lowest BCUT2D eigenvalue weighted by molar-refractivity contribution is -0.152. The van der Waals surface area contributed by atoms with Crippen molar-refractivity contribution in [1.29, 1.82) is 5.26 Å². The maximum Gasteiger partial charge on any atom is 0.311 e. The summed E-state index contributed by atoms with van der Waals surface area (Å²) in [6.07, 6.45) is -1.00. The van der Waals surface area contributed by atoms with Gasteiger partial charge in [-0.15, -0.1) is 0 Å². The van der Waals surface area contributed by atoms with Gasteiger partial charge in [-0.1, -0.05) is 29.8 Å². The van der Waals surface area contributed by atoms with E-state index in [1.807, 2.05) is 6.07 Å². The van der Waals surface area contributed by atoms with Gasteiger partial charge in [-0.05, 0) is 31.2 Å². The first-order chi connectivity index (χ1) is 12.4. The van der Waals surface area contributed by atoms with E-state index in [4.69, 9.17) is 26.3 Å². The van der Waals surface area contributed by atoms with Crippen molar-refractivity contribution in [2.75, 3.05) is 12.4 Å². The Kier molecular flexibility index (Phi) is 6.59. The van der Waals surface area contributed by atoms with E-state index in [0.717, 1.165) is 0 Å². The fraction of sp³-hybridized carbons (Fsp3) is 0.211. The van der Waals surface area contributed by atoms with Gasteiger partial charge in [0.05, 0.1) is 24.1 Å². The van der Waals surface area contributed by atoms with Crippen molar-refractivity contribution < 1.29 is 19.1 Å². The van der Waals surface area contributed by atoms with Crippen LogP contribution in [0.2, 0.25) is 5.02 Å². The molecule has 2 aromatic rings. The van der Waals surface area contributed by atoms with Crippen molar-refractivity contribution >= 4 is 29.2 Å². The van der Waals surface area contributed by atoms with E-state index < -0.39 is 18.0 Å². The van der Waals surface area contributed by atoms with Crippen LogP contribution >= 0.6 is 11.6 Å². The maximum atomic E-state index is 12.2. The van der Waals surface area contributed by atoms with Gasteiger partial charge in [0.25, 0.3) is 5.91 Å². The molecular weight excluding hydrogens is 356 g/mol. The zero-order valence-corrected chi connectivity index (χ0v) is 15.0. The van der Waals surface area contributed by atoms with Crippen LogP contribution in [-0.4, -0.2) is 25.1 Å². The summed E-state index contributed by atoms with van der Waals surface area (Å²) in [5.74, 6) is -0.469. The molecule has 2 rings (SSSR count). The van der Waals surface area contributed by atoms with Crippen molar-refractivity contribution in [3.05, 3.63) is 58.6 Å². The van der Waals surface area contributed by atoms with Crippen molar-refractivity contribution in [3.8, 4) is 11.8 Å². The highest BCUT2D eigenvalue weighted by Crippen LogP contribution is 2.21. The number of nitrogens with one attached hydrogen (secondary N) is 1. The number of hydrogen-bond donors (Lipinski definition) is 1. The molecule has 0 aromatic heterocycles. The molecule has 7 heteroatoms. The molecule has 26 heavy (non-hydrogen) atoms. The average Bonchev–Trinajstić information content (AvgIpc) is 2.62. The normalized spacial score (nSPS) is 11.2. The molecule has 0 aliphatic carbocycles. The van der Waals surface area contributed by atoms with Gasteiger partial charge in [-0.25, -0.2) is 0 Å². The van der Waals surface area contributed by atoms with E-state index in [2.05, 4.69) is 5.32 Å². The minimum absolute atomic E-state index is 0.00960. The third kappa shape index (κ3) is 4.98. The smallest absolute Gasteiger partial charge is 0.311 e. The highest BCUT2D eigenvalue weighted by molar-refractivity contribution is 6.32. The number of amides is 1. The molecule has 0 saturated heterocycles. The first-order valence-electron chi connectivity index (χ1n) is 7.76. The van der Waals surface area contributed by atoms with Crippen molar-refractivity contribution in [2.45, 2.75) is 19.4 Å². The monoisotopic (exact) mass is 372 g/mol. The maximum absolute atomic E-state index is 12.2. The van der Waals surface area contributed by atoms with Gasteiger partial charge in [0.1, 0.15) is 11.8 Å². The lowest BCUT2D eigenvalue weighted by atomic mass is 10.1. The summed E-state index contributed by atoms with van der Waals surface area (Å²) < 4.78 is 10.4. The zero-order chi connectivity index (χ0) is 19.1. The highest BCUT2D eigenvalue weighted by atomic mass is 35.5. The summed E-state index contributed by atoms with van der Waals surface area (Å²) in [6, 6.07) is 13.5. The average molecular weight is 373 g/mol. The third-order valence-electron chi connectivity index (χ3n) is 3.56. The quantitative estimate of drug-likeness (QED) is 0.785. The number of esters is 1. The number of anilines is 1. The van der Waals surface area contributed by atoms with E-state index in [1.165, 1.54) is 26.2 Å². The number of halogens is 1. The SMILES string of the molecule is COc1ccccc1CC(=O)O[C@@H](C)C(=O)Nc1ccc(C#N)c(Cl)c1. The Bertz CT molecular complexity index is 861. The molecule has 0 spiro atoms. The fourth-order valence-electron chi connectivity index (χ4n) is 2.22. The summed E-state index contributed by atoms with van der Waals surface area (Å²) in [5, 5.41) is 11.7. The number of para-hydroxylation sites is 1. The second kappa shape index (κ2) is 8.88. The van der Waals surface area contributed by atoms with E-state index in [-0.39, 0.29) is 11.4 Å². The number of carbonyl (C=O) groups is 2. The van der Waals surface area contributed by atoms with Crippen LogP contribution in [-0.2, 0) is 20.7 Å². The van der Waals surface area contributed by atoms with Crippen LogP contribution in [0.5, 0.6) is 5.75 Å². The molecule has 1 N–H and O–H groups in total. The Morgan fingerprint density at radius 1 is 1.27 bits per heavy atom. The number of nitriles is 1. The summed E-state index contributed by atoms with van der Waals surface area (Å²) in [6.45, 7) is 1.47. The molecule has 6 nitrogen and oxygen atoms in total. The molecule has 0 aliphatic rings. The van der Waals surface area contributed by atoms with Crippen LogP contribution in [0.1, 0.15) is 18.1 Å². The number of ether oxygens (including phenoxy) is 2. The zero-order valence-electron chi connectivity index (χ0n) is 14.3. The molecule has 0 fully saturated rings. The lowest BCUT2D eigenvalue weighted by Crippen LogP contribution is -2.30. The van der Waals surface area contributed by atoms with Crippen molar-refractivity contribution in [2.24, 2.45) is 0 Å². The molecule has 134 valence electrons. The van der Waals surface area contributed by atoms with Gasteiger partial charge in [0, 0.05) is 11.3 Å². The summed E-state index contributed by atoms with van der Waals surface area (Å²) in [5.41, 5.74) is 1.39. The second-order valence-corrected chi connectivity index (χ2v) is 5.82. The van der Waals surface area contributed by atoms with Crippen LogP contribution in [0.4, 0.5) is 5.69 Å². The van der Waals surface area contributed by atoms with Crippen molar-refractivity contribution in [1.82, 2.24) is 0 Å². The Labute approximate surface area is 156 Å². The van der Waals surface area contributed by atoms with E-state index in [1.54, 1.807) is 30.3 Å². The van der Waals surface area contributed by atoms with Crippen LogP contribution in [0.3, 0.4) is 0 Å². The Balaban J connectivity index is 1.95. The number of rotatable bonds is 6. The van der Waals surface area contributed by atoms with Crippen LogP contribution < -0.4 is 10.1 Å². The number of benzene rings is 2. The molecule has 0 bridgehead atoms. The van der Waals surface area contributed by atoms with Crippen LogP contribution in [0.25, 0.3) is 0 Å². The molecule has 0 aliphatic heterocycles. The van der Waals surface area contributed by atoms with Gasteiger partial charge >= 0.3 is 5.97 Å². The molecule has 2 aromatic carbocycles. The molecule has 0 heterocycles. The summed E-state index contributed by atoms with van der Waals surface area (Å²) in [7, 11) is 1.52. The highest BCUT2D eigenvalue weighted by Gasteiger charge is 2.19. The number of nitrogens with zero attached hydrogens (tertiary/aromatic N) is 1. The summed E-state index contributed by atoms with van der Waals surface area (Å²) >= 11 is 5.92. The Morgan fingerprint density at radius 3 is 2.65 bits per heavy atom. The molecule has 0 saturated carbocycles. The number of carbonyl (C=O) groups excluding carboxylic acids is 2. The largest absolute Gasteiger partial charge is 0.496 e. The predicted molar refractivity (Wildman–Crippen MR) is 97.0 cm³/mol. The van der Waals surface area contributed by atoms with Crippen LogP contribution in [0, 0.1) is 11.3 Å². The van der Waals surface area contributed by atoms with E-state index in [9.17, 15) is 9.59 Å². The topological polar surface area (TPSA) is 88.4 Å². The van der Waals surface area contributed by atoms with Gasteiger partial charge in [-0.3, -0.25) is 9.59 Å². The molecule has 0 radical (unpaired) electrons. The molecular formula is C19H17ClN2O4. The third-order valence-corrected chi connectivity index (χ3v) is 3.87. The second-order valence-electron chi connectivity index (χ2n) is 5.42. The standard InChI is InChI=1S/C19H17ClN2O4/c1-12(19(24)22-15-8-7-14(11-21)16(20)10-15)26-18(23)9-13-5-3-4-6-17(13)25-2/h3-8,10,12H,9H2,1-2H3,(H,22,24)/t12-/m0/s1. The lowest BCUT2D eigenvalue weighted by Gasteiger charge is -2.14. The summed E-state index contributed by atoms with van der Waals surface area (Å²) in [4.78, 5) is 24.2. The van der Waals surface area contributed by atoms with E-state index in [0.29, 0.717) is 22.6 Å². The van der Waals surface area contributed by atoms with Gasteiger partial charge < -0.3 is 14.8 Å². The Hall–Kier alpha value is -3.04. The van der Waals surface area contributed by atoms with E-state index >= 15 is 0 Å². The molecule has 1 amide bonds. The minimum Gasteiger partial charge on any atom is -0.496 e. The molecule has 1 atom stereocenters. The number of methoxy groups -OCH3 is 1.